The Kier molecular flexibility index (Phi) is 2.85. The summed E-state index contributed by atoms with van der Waals surface area (Å²) in [6.07, 6.45) is 2.55. The second-order valence-electron chi connectivity index (χ2n) is 3.57. The average Bonchev–Trinajstić information content (AvgIpc) is 2.99. The zero-order valence-electron chi connectivity index (χ0n) is 7.76. The number of nitriles is 1. The van der Waals surface area contributed by atoms with Crippen molar-refractivity contribution in [1.82, 2.24) is 5.32 Å². The molecule has 72 valence electrons. The van der Waals surface area contributed by atoms with Gasteiger partial charge in [0.1, 0.15) is 0 Å². The Bertz CT molecular complexity index is 377. The van der Waals surface area contributed by atoms with Crippen LogP contribution in [0.1, 0.15) is 24.0 Å². The average molecular weight is 251 g/mol. The molecule has 2 nitrogen and oxygen atoms in total. The van der Waals surface area contributed by atoms with E-state index in [1.165, 1.54) is 12.8 Å². The van der Waals surface area contributed by atoms with E-state index in [0.29, 0.717) is 6.04 Å². The van der Waals surface area contributed by atoms with Gasteiger partial charge in [0.25, 0.3) is 0 Å². The van der Waals surface area contributed by atoms with Crippen molar-refractivity contribution in [2.45, 2.75) is 25.4 Å². The summed E-state index contributed by atoms with van der Waals surface area (Å²) < 4.78 is 0.962. The number of hydrogen-bond donors (Lipinski definition) is 1. The van der Waals surface area contributed by atoms with E-state index in [1.54, 1.807) is 0 Å². The van der Waals surface area contributed by atoms with Crippen LogP contribution in [0.4, 0.5) is 0 Å². The van der Waals surface area contributed by atoms with Crippen LogP contribution in [0.5, 0.6) is 0 Å². The summed E-state index contributed by atoms with van der Waals surface area (Å²) in [4.78, 5) is 0. The van der Waals surface area contributed by atoms with Gasteiger partial charge < -0.3 is 5.32 Å². The van der Waals surface area contributed by atoms with Crippen LogP contribution >= 0.6 is 15.9 Å². The Morgan fingerprint density at radius 2 is 2.29 bits per heavy atom. The number of nitrogens with one attached hydrogen (secondary N) is 1. The van der Waals surface area contributed by atoms with E-state index in [9.17, 15) is 0 Å². The molecule has 0 bridgehead atoms. The van der Waals surface area contributed by atoms with E-state index < -0.39 is 0 Å². The quantitative estimate of drug-likeness (QED) is 0.896. The number of nitrogens with zero attached hydrogens (tertiary/aromatic N) is 1. The van der Waals surface area contributed by atoms with Gasteiger partial charge in [0.2, 0.25) is 0 Å². The monoisotopic (exact) mass is 250 g/mol. The molecule has 0 aromatic heterocycles. The highest BCUT2D eigenvalue weighted by molar-refractivity contribution is 9.10. The van der Waals surface area contributed by atoms with Crippen molar-refractivity contribution >= 4 is 15.9 Å². The van der Waals surface area contributed by atoms with E-state index in [0.717, 1.165) is 22.1 Å². The molecule has 3 heteroatoms. The second kappa shape index (κ2) is 4.12. The van der Waals surface area contributed by atoms with E-state index in [-0.39, 0.29) is 0 Å². The lowest BCUT2D eigenvalue weighted by molar-refractivity contribution is 0.686. The van der Waals surface area contributed by atoms with Gasteiger partial charge in [-0.2, -0.15) is 5.26 Å². The summed E-state index contributed by atoms with van der Waals surface area (Å²) in [7, 11) is 0. The lowest BCUT2D eigenvalue weighted by atomic mass is 10.1. The Hall–Kier alpha value is -0.850. The topological polar surface area (TPSA) is 35.8 Å². The van der Waals surface area contributed by atoms with Crippen LogP contribution in [0.25, 0.3) is 0 Å². The molecule has 0 spiro atoms. The number of halogens is 1. The molecule has 1 saturated carbocycles. The fraction of sp³-hybridized carbons (Fsp3) is 0.364. The molecule has 1 aromatic carbocycles. The second-order valence-corrected chi connectivity index (χ2v) is 4.48. The maximum absolute atomic E-state index is 8.93. The molecule has 1 aliphatic carbocycles. The summed E-state index contributed by atoms with van der Waals surface area (Å²) in [5, 5.41) is 12.3. The molecule has 0 amide bonds. The SMILES string of the molecule is N#Cc1cc(Br)ccc1CNC1CC1. The molecule has 14 heavy (non-hydrogen) atoms. The highest BCUT2D eigenvalue weighted by Crippen LogP contribution is 2.21. The molecule has 1 aliphatic rings. The number of hydrogen-bond acceptors (Lipinski definition) is 2. The predicted octanol–water partition coefficient (Wildman–Crippen LogP) is 2.57. The summed E-state index contributed by atoms with van der Waals surface area (Å²) in [6, 6.07) is 8.74. The fourth-order valence-electron chi connectivity index (χ4n) is 1.35. The molecule has 1 N–H and O–H groups in total. The summed E-state index contributed by atoms with van der Waals surface area (Å²) in [6.45, 7) is 0.806. The first-order chi connectivity index (χ1) is 6.79. The first kappa shape index (κ1) is 9.70. The van der Waals surface area contributed by atoms with Gasteiger partial charge >= 0.3 is 0 Å². The van der Waals surface area contributed by atoms with Crippen molar-refractivity contribution in [3.05, 3.63) is 33.8 Å². The zero-order chi connectivity index (χ0) is 9.97. The Morgan fingerprint density at radius 1 is 1.50 bits per heavy atom. The largest absolute Gasteiger partial charge is 0.310 e. The molecule has 0 unspecified atom stereocenters. The van der Waals surface area contributed by atoms with E-state index in [4.69, 9.17) is 5.26 Å². The minimum atomic E-state index is 0.685. The molecule has 2 rings (SSSR count). The lowest BCUT2D eigenvalue weighted by Gasteiger charge is -2.05. The molecular weight excluding hydrogens is 240 g/mol. The molecule has 1 aromatic rings. The molecule has 0 heterocycles. The van der Waals surface area contributed by atoms with Crippen LogP contribution in [0.3, 0.4) is 0 Å². The predicted molar refractivity (Wildman–Crippen MR) is 58.7 cm³/mol. The maximum atomic E-state index is 8.93. The Morgan fingerprint density at radius 3 is 2.93 bits per heavy atom. The van der Waals surface area contributed by atoms with Crippen molar-refractivity contribution in [3.8, 4) is 6.07 Å². The summed E-state index contributed by atoms with van der Waals surface area (Å²) in [5.41, 5.74) is 1.84. The molecule has 0 aliphatic heterocycles. The van der Waals surface area contributed by atoms with Gasteiger partial charge in [0.05, 0.1) is 11.6 Å². The van der Waals surface area contributed by atoms with Gasteiger partial charge in [-0.3, -0.25) is 0 Å². The maximum Gasteiger partial charge on any atom is 0.0995 e. The normalized spacial score (nSPS) is 15.1. The molecule has 0 radical (unpaired) electrons. The van der Waals surface area contributed by atoms with Crippen molar-refractivity contribution in [2.75, 3.05) is 0 Å². The first-order valence-corrected chi connectivity index (χ1v) is 5.51. The minimum absolute atomic E-state index is 0.685. The van der Waals surface area contributed by atoms with Gasteiger partial charge in [0.15, 0.2) is 0 Å². The van der Waals surface area contributed by atoms with Crippen molar-refractivity contribution in [2.24, 2.45) is 0 Å². The van der Waals surface area contributed by atoms with Crippen LogP contribution in [0, 0.1) is 11.3 Å². The van der Waals surface area contributed by atoms with Gasteiger partial charge in [-0.15, -0.1) is 0 Å². The molecular formula is C11H11BrN2. The van der Waals surface area contributed by atoms with Gasteiger partial charge in [0, 0.05) is 17.1 Å². The van der Waals surface area contributed by atoms with E-state index >= 15 is 0 Å². The summed E-state index contributed by atoms with van der Waals surface area (Å²) in [5.74, 6) is 0. The van der Waals surface area contributed by atoms with E-state index in [2.05, 4.69) is 27.3 Å². The van der Waals surface area contributed by atoms with Crippen molar-refractivity contribution in [3.63, 3.8) is 0 Å². The minimum Gasteiger partial charge on any atom is -0.310 e. The van der Waals surface area contributed by atoms with Crippen LogP contribution in [0.2, 0.25) is 0 Å². The van der Waals surface area contributed by atoms with Crippen molar-refractivity contribution in [1.29, 1.82) is 5.26 Å². The third-order valence-electron chi connectivity index (χ3n) is 2.35. The molecule has 0 saturated heterocycles. The van der Waals surface area contributed by atoms with Crippen LogP contribution in [-0.2, 0) is 6.54 Å². The fourth-order valence-corrected chi connectivity index (χ4v) is 1.71. The van der Waals surface area contributed by atoms with E-state index in [1.807, 2.05) is 18.2 Å². The zero-order valence-corrected chi connectivity index (χ0v) is 9.34. The highest BCUT2D eigenvalue weighted by atomic mass is 79.9. The smallest absolute Gasteiger partial charge is 0.0995 e. The third kappa shape index (κ3) is 2.34. The number of benzene rings is 1. The Labute approximate surface area is 92.1 Å². The van der Waals surface area contributed by atoms with Crippen LogP contribution in [-0.4, -0.2) is 6.04 Å². The van der Waals surface area contributed by atoms with Gasteiger partial charge in [-0.1, -0.05) is 22.0 Å². The third-order valence-corrected chi connectivity index (χ3v) is 2.84. The first-order valence-electron chi connectivity index (χ1n) is 4.71. The van der Waals surface area contributed by atoms with Crippen molar-refractivity contribution < 1.29 is 0 Å². The highest BCUT2D eigenvalue weighted by Gasteiger charge is 2.20. The molecule has 0 atom stereocenters. The standard InChI is InChI=1S/C11H11BrN2/c12-10-2-1-8(9(5-10)6-13)7-14-11-3-4-11/h1-2,5,11,14H,3-4,7H2. The number of rotatable bonds is 3. The Balaban J connectivity index is 2.10. The van der Waals surface area contributed by atoms with Gasteiger partial charge in [-0.25, -0.2) is 0 Å². The van der Waals surface area contributed by atoms with Gasteiger partial charge in [-0.05, 0) is 30.5 Å². The lowest BCUT2D eigenvalue weighted by Crippen LogP contribution is -2.16. The van der Waals surface area contributed by atoms with Crippen LogP contribution < -0.4 is 5.32 Å². The summed E-state index contributed by atoms with van der Waals surface area (Å²) >= 11 is 3.36. The molecule has 1 fully saturated rings. The van der Waals surface area contributed by atoms with Crippen LogP contribution in [0.15, 0.2) is 22.7 Å².